The van der Waals surface area contributed by atoms with Gasteiger partial charge in [-0.25, -0.2) is 4.98 Å². The Balaban J connectivity index is 2.18. The lowest BCUT2D eigenvalue weighted by molar-refractivity contribution is 0.528. The normalized spacial score (nSPS) is 11.6. The third kappa shape index (κ3) is 3.04. The standard InChI is InChI=1S/C14H21N3OS/c1-9(2)15-6-5-7-17-8-16-13-12(14(17)18)10(3)11(4)19-13/h8-9,15H,5-7H2,1-4H3. The van der Waals surface area contributed by atoms with E-state index in [1.165, 1.54) is 4.88 Å². The predicted octanol–water partition coefficient (Wildman–Crippen LogP) is 2.46. The minimum atomic E-state index is 0.0939. The van der Waals surface area contributed by atoms with Crippen LogP contribution in [0.3, 0.4) is 0 Å². The van der Waals surface area contributed by atoms with Crippen LogP contribution in [0.5, 0.6) is 0 Å². The van der Waals surface area contributed by atoms with Gasteiger partial charge in [0.25, 0.3) is 5.56 Å². The molecule has 0 atom stereocenters. The number of aryl methyl sites for hydroxylation is 3. The molecule has 0 bridgehead atoms. The van der Waals surface area contributed by atoms with E-state index in [-0.39, 0.29) is 5.56 Å². The lowest BCUT2D eigenvalue weighted by Gasteiger charge is -2.09. The highest BCUT2D eigenvalue weighted by molar-refractivity contribution is 7.18. The van der Waals surface area contributed by atoms with E-state index in [9.17, 15) is 4.79 Å². The van der Waals surface area contributed by atoms with Crippen LogP contribution in [0.25, 0.3) is 10.2 Å². The molecule has 2 rings (SSSR count). The van der Waals surface area contributed by atoms with Crippen LogP contribution in [0.1, 0.15) is 30.7 Å². The van der Waals surface area contributed by atoms with Crippen LogP contribution in [-0.2, 0) is 6.54 Å². The van der Waals surface area contributed by atoms with E-state index in [4.69, 9.17) is 0 Å². The molecule has 0 aliphatic heterocycles. The van der Waals surface area contributed by atoms with Crippen LogP contribution in [0, 0.1) is 13.8 Å². The monoisotopic (exact) mass is 279 g/mol. The number of hydrogen-bond acceptors (Lipinski definition) is 4. The first-order chi connectivity index (χ1) is 9.00. The molecule has 19 heavy (non-hydrogen) atoms. The number of thiophene rings is 1. The molecule has 4 nitrogen and oxygen atoms in total. The average Bonchev–Trinajstić information content (AvgIpc) is 2.64. The van der Waals surface area contributed by atoms with Gasteiger partial charge in [-0.1, -0.05) is 13.8 Å². The maximum absolute atomic E-state index is 12.4. The van der Waals surface area contributed by atoms with Gasteiger partial charge in [-0.3, -0.25) is 9.36 Å². The quantitative estimate of drug-likeness (QED) is 0.855. The van der Waals surface area contributed by atoms with Gasteiger partial charge in [0.2, 0.25) is 0 Å². The van der Waals surface area contributed by atoms with Crippen LogP contribution in [0.15, 0.2) is 11.1 Å². The van der Waals surface area contributed by atoms with Gasteiger partial charge in [-0.05, 0) is 32.4 Å². The maximum Gasteiger partial charge on any atom is 0.262 e. The number of fused-ring (bicyclic) bond motifs is 1. The van der Waals surface area contributed by atoms with Crippen LogP contribution < -0.4 is 10.9 Å². The molecule has 104 valence electrons. The molecule has 0 spiro atoms. The van der Waals surface area contributed by atoms with E-state index in [0.717, 1.165) is 35.3 Å². The summed E-state index contributed by atoms with van der Waals surface area (Å²) in [4.78, 5) is 18.8. The number of nitrogens with one attached hydrogen (secondary N) is 1. The second-order valence-corrected chi connectivity index (χ2v) is 6.37. The van der Waals surface area contributed by atoms with Crippen LogP contribution >= 0.6 is 11.3 Å². The number of aromatic nitrogens is 2. The van der Waals surface area contributed by atoms with E-state index in [0.29, 0.717) is 6.04 Å². The summed E-state index contributed by atoms with van der Waals surface area (Å²) in [5.74, 6) is 0. The van der Waals surface area contributed by atoms with Crippen LogP contribution in [0.4, 0.5) is 0 Å². The molecule has 0 fully saturated rings. The molecule has 0 unspecified atom stereocenters. The molecular formula is C14H21N3OS. The minimum Gasteiger partial charge on any atom is -0.314 e. The smallest absolute Gasteiger partial charge is 0.262 e. The Morgan fingerprint density at radius 2 is 2.16 bits per heavy atom. The molecule has 0 saturated heterocycles. The van der Waals surface area contributed by atoms with E-state index in [1.807, 2.05) is 13.8 Å². The highest BCUT2D eigenvalue weighted by Crippen LogP contribution is 2.25. The second-order valence-electron chi connectivity index (χ2n) is 5.17. The maximum atomic E-state index is 12.4. The molecule has 5 heteroatoms. The number of hydrogen-bond donors (Lipinski definition) is 1. The number of rotatable bonds is 5. The van der Waals surface area contributed by atoms with Crippen molar-refractivity contribution >= 4 is 21.6 Å². The third-order valence-electron chi connectivity index (χ3n) is 3.28. The molecule has 0 amide bonds. The van der Waals surface area contributed by atoms with Crippen molar-refractivity contribution in [3.05, 3.63) is 27.1 Å². The molecule has 0 aliphatic rings. The first-order valence-electron chi connectivity index (χ1n) is 6.69. The first-order valence-corrected chi connectivity index (χ1v) is 7.51. The average molecular weight is 279 g/mol. The van der Waals surface area contributed by atoms with Crippen molar-refractivity contribution < 1.29 is 0 Å². The van der Waals surface area contributed by atoms with E-state index in [2.05, 4.69) is 24.1 Å². The first kappa shape index (κ1) is 14.2. The van der Waals surface area contributed by atoms with Gasteiger partial charge < -0.3 is 5.32 Å². The molecular weight excluding hydrogens is 258 g/mol. The van der Waals surface area contributed by atoms with Crippen LogP contribution in [0.2, 0.25) is 0 Å². The molecule has 0 radical (unpaired) electrons. The summed E-state index contributed by atoms with van der Waals surface area (Å²) in [5, 5.41) is 4.15. The summed E-state index contributed by atoms with van der Waals surface area (Å²) in [7, 11) is 0. The number of nitrogens with zero attached hydrogens (tertiary/aromatic N) is 2. The highest BCUT2D eigenvalue weighted by atomic mass is 32.1. The van der Waals surface area contributed by atoms with Gasteiger partial charge in [0.15, 0.2) is 0 Å². The summed E-state index contributed by atoms with van der Waals surface area (Å²) >= 11 is 1.60. The second kappa shape index (κ2) is 5.84. The van der Waals surface area contributed by atoms with Crippen molar-refractivity contribution in [3.8, 4) is 0 Å². The van der Waals surface area contributed by atoms with Crippen molar-refractivity contribution in [2.75, 3.05) is 6.54 Å². The van der Waals surface area contributed by atoms with E-state index in [1.54, 1.807) is 22.2 Å². The molecule has 2 heterocycles. The largest absolute Gasteiger partial charge is 0.314 e. The van der Waals surface area contributed by atoms with Crippen molar-refractivity contribution in [2.45, 2.75) is 46.7 Å². The zero-order valence-corrected chi connectivity index (χ0v) is 12.8. The summed E-state index contributed by atoms with van der Waals surface area (Å²) < 4.78 is 1.73. The van der Waals surface area contributed by atoms with Gasteiger partial charge in [0, 0.05) is 17.5 Å². The highest BCUT2D eigenvalue weighted by Gasteiger charge is 2.11. The third-order valence-corrected chi connectivity index (χ3v) is 4.40. The van der Waals surface area contributed by atoms with Gasteiger partial charge >= 0.3 is 0 Å². The fourth-order valence-corrected chi connectivity index (χ4v) is 3.06. The summed E-state index contributed by atoms with van der Waals surface area (Å²) in [6, 6.07) is 0.485. The molecule has 2 aromatic rings. The summed E-state index contributed by atoms with van der Waals surface area (Å²) in [5.41, 5.74) is 1.17. The zero-order chi connectivity index (χ0) is 14.0. The molecule has 1 N–H and O–H groups in total. The Kier molecular flexibility index (Phi) is 4.37. The predicted molar refractivity (Wildman–Crippen MR) is 81.1 cm³/mol. The van der Waals surface area contributed by atoms with E-state index < -0.39 is 0 Å². The van der Waals surface area contributed by atoms with Crippen molar-refractivity contribution in [1.82, 2.24) is 14.9 Å². The summed E-state index contributed by atoms with van der Waals surface area (Å²) in [6.07, 6.45) is 2.61. The Hall–Kier alpha value is -1.20. The Bertz CT molecular complexity index is 627. The molecule has 2 aromatic heterocycles. The van der Waals surface area contributed by atoms with Gasteiger partial charge in [-0.2, -0.15) is 0 Å². The van der Waals surface area contributed by atoms with Crippen LogP contribution in [-0.4, -0.2) is 22.1 Å². The SMILES string of the molecule is Cc1sc2ncn(CCCNC(C)C)c(=O)c2c1C. The molecule has 0 saturated carbocycles. The fourth-order valence-electron chi connectivity index (χ4n) is 2.07. The lowest BCUT2D eigenvalue weighted by atomic mass is 10.2. The van der Waals surface area contributed by atoms with Gasteiger partial charge in [0.1, 0.15) is 4.83 Å². The summed E-state index contributed by atoms with van der Waals surface area (Å²) in [6.45, 7) is 9.92. The Labute approximate surface area is 117 Å². The van der Waals surface area contributed by atoms with Gasteiger partial charge in [0.05, 0.1) is 11.7 Å². The van der Waals surface area contributed by atoms with E-state index >= 15 is 0 Å². The fraction of sp³-hybridized carbons (Fsp3) is 0.571. The minimum absolute atomic E-state index is 0.0939. The topological polar surface area (TPSA) is 46.9 Å². The van der Waals surface area contributed by atoms with Crippen molar-refractivity contribution in [2.24, 2.45) is 0 Å². The Morgan fingerprint density at radius 1 is 1.42 bits per heavy atom. The molecule has 0 aliphatic carbocycles. The zero-order valence-electron chi connectivity index (χ0n) is 12.0. The molecule has 0 aromatic carbocycles. The Morgan fingerprint density at radius 3 is 2.84 bits per heavy atom. The van der Waals surface area contributed by atoms with Crippen molar-refractivity contribution in [1.29, 1.82) is 0 Å². The lowest BCUT2D eigenvalue weighted by Crippen LogP contribution is -2.27. The van der Waals surface area contributed by atoms with Gasteiger partial charge in [-0.15, -0.1) is 11.3 Å². The van der Waals surface area contributed by atoms with Crippen molar-refractivity contribution in [3.63, 3.8) is 0 Å².